The molecule has 1 heterocycles. The summed E-state index contributed by atoms with van der Waals surface area (Å²) in [5, 5.41) is 11.8. The first kappa shape index (κ1) is 17.8. The van der Waals surface area contributed by atoms with Gasteiger partial charge in [0.1, 0.15) is 6.04 Å². The molecule has 0 bridgehead atoms. The fourth-order valence-corrected chi connectivity index (χ4v) is 3.45. The molecule has 1 fully saturated rings. The van der Waals surface area contributed by atoms with Gasteiger partial charge >= 0.3 is 5.97 Å². The Labute approximate surface area is 129 Å². The molecule has 2 atom stereocenters. The molecule has 7 heteroatoms. The average molecular weight is 316 g/mol. The molecule has 0 aromatic heterocycles. The number of carboxylic acid groups (broad SMARTS) is 1. The largest absolute Gasteiger partial charge is 0.481 e. The molecule has 0 aliphatic carbocycles. The molecule has 1 saturated heterocycles. The van der Waals surface area contributed by atoms with Crippen molar-refractivity contribution in [2.45, 2.75) is 45.6 Å². The predicted octanol–water partition coefficient (Wildman–Crippen LogP) is 1.31. The number of carbonyl (C=O) groups is 3. The molecule has 0 saturated carbocycles. The molecular formula is C14H24N2O4S. The van der Waals surface area contributed by atoms with E-state index in [1.165, 1.54) is 0 Å². The predicted molar refractivity (Wildman–Crippen MR) is 81.9 cm³/mol. The van der Waals surface area contributed by atoms with Crippen LogP contribution in [0.1, 0.15) is 39.5 Å². The first-order valence-electron chi connectivity index (χ1n) is 7.38. The van der Waals surface area contributed by atoms with Crippen LogP contribution in [-0.2, 0) is 14.4 Å². The molecule has 1 aliphatic heterocycles. The van der Waals surface area contributed by atoms with Crippen molar-refractivity contribution in [3.05, 3.63) is 0 Å². The second-order valence-corrected chi connectivity index (χ2v) is 6.20. The number of nitrogens with zero attached hydrogens (tertiary/aromatic N) is 1. The Kier molecular flexibility index (Phi) is 7.56. The third-order valence-electron chi connectivity index (χ3n) is 3.48. The lowest BCUT2D eigenvalue weighted by molar-refractivity contribution is -0.142. The van der Waals surface area contributed by atoms with Crippen LogP contribution in [-0.4, -0.2) is 52.0 Å². The number of aliphatic carboxylic acids is 1. The smallest absolute Gasteiger partial charge is 0.308 e. The van der Waals surface area contributed by atoms with E-state index in [1.807, 2.05) is 13.8 Å². The van der Waals surface area contributed by atoms with E-state index in [2.05, 4.69) is 5.32 Å². The molecule has 6 nitrogen and oxygen atoms in total. The number of hydrogen-bond acceptors (Lipinski definition) is 4. The Morgan fingerprint density at radius 3 is 2.62 bits per heavy atom. The van der Waals surface area contributed by atoms with Crippen LogP contribution in [0.25, 0.3) is 0 Å². The summed E-state index contributed by atoms with van der Waals surface area (Å²) in [4.78, 5) is 36.8. The Morgan fingerprint density at radius 1 is 1.33 bits per heavy atom. The summed E-state index contributed by atoms with van der Waals surface area (Å²) >= 11 is 1.55. The summed E-state index contributed by atoms with van der Waals surface area (Å²) < 4.78 is 0. The van der Waals surface area contributed by atoms with Crippen molar-refractivity contribution in [3.8, 4) is 0 Å². The molecular weight excluding hydrogens is 292 g/mol. The zero-order valence-electron chi connectivity index (χ0n) is 12.6. The van der Waals surface area contributed by atoms with Gasteiger partial charge in [-0.2, -0.15) is 0 Å². The van der Waals surface area contributed by atoms with Gasteiger partial charge in [-0.1, -0.05) is 20.3 Å². The van der Waals surface area contributed by atoms with Gasteiger partial charge in [0.15, 0.2) is 0 Å². The van der Waals surface area contributed by atoms with Crippen LogP contribution >= 0.6 is 11.8 Å². The number of amides is 2. The van der Waals surface area contributed by atoms with Gasteiger partial charge in [0, 0.05) is 18.7 Å². The van der Waals surface area contributed by atoms with Gasteiger partial charge in [0.05, 0.1) is 11.8 Å². The molecule has 2 N–H and O–H groups in total. The van der Waals surface area contributed by atoms with Gasteiger partial charge in [-0.25, -0.2) is 0 Å². The van der Waals surface area contributed by atoms with Crippen molar-refractivity contribution >= 4 is 29.5 Å². The lowest BCUT2D eigenvalue weighted by Gasteiger charge is -2.23. The number of carbonyl (C=O) groups excluding carboxylic acids is 2. The highest BCUT2D eigenvalue weighted by Gasteiger charge is 2.34. The fraction of sp³-hybridized carbons (Fsp3) is 0.786. The van der Waals surface area contributed by atoms with Gasteiger partial charge in [-0.15, -0.1) is 11.8 Å². The molecule has 0 aromatic carbocycles. The van der Waals surface area contributed by atoms with E-state index in [1.54, 1.807) is 16.7 Å². The van der Waals surface area contributed by atoms with Crippen molar-refractivity contribution in [3.63, 3.8) is 0 Å². The minimum Gasteiger partial charge on any atom is -0.481 e. The first-order valence-corrected chi connectivity index (χ1v) is 8.54. The topological polar surface area (TPSA) is 86.7 Å². The maximum atomic E-state index is 12.2. The van der Waals surface area contributed by atoms with Crippen LogP contribution in [0.4, 0.5) is 0 Å². The Hall–Kier alpha value is -1.24. The number of nitrogens with one attached hydrogen (secondary N) is 1. The third kappa shape index (κ3) is 5.22. The summed E-state index contributed by atoms with van der Waals surface area (Å²) in [7, 11) is 0. The Morgan fingerprint density at radius 2 is 2.05 bits per heavy atom. The van der Waals surface area contributed by atoms with E-state index < -0.39 is 17.9 Å². The number of rotatable bonds is 8. The van der Waals surface area contributed by atoms with E-state index in [4.69, 9.17) is 5.11 Å². The van der Waals surface area contributed by atoms with Crippen LogP contribution < -0.4 is 5.32 Å². The summed E-state index contributed by atoms with van der Waals surface area (Å²) in [5.74, 6) is -0.594. The minimum atomic E-state index is -0.892. The average Bonchev–Trinajstić information content (AvgIpc) is 2.92. The lowest BCUT2D eigenvalue weighted by atomic mass is 10.0. The molecule has 0 radical (unpaired) electrons. The standard InChI is InChI=1S/C14H24N2O4S/c1-3-5-10(14(19)20)7-15-13(18)11-8-21-9-16(11)12(17)6-4-2/h10-11H,3-9H2,1-2H3,(H,15,18)(H,19,20). The van der Waals surface area contributed by atoms with Gasteiger partial charge in [0.2, 0.25) is 11.8 Å². The van der Waals surface area contributed by atoms with Gasteiger partial charge < -0.3 is 15.3 Å². The third-order valence-corrected chi connectivity index (χ3v) is 4.49. The maximum Gasteiger partial charge on any atom is 0.308 e. The fourth-order valence-electron chi connectivity index (χ4n) is 2.27. The normalized spacial score (nSPS) is 19.3. The van der Waals surface area contributed by atoms with Crippen LogP contribution in [0.3, 0.4) is 0 Å². The number of thioether (sulfide) groups is 1. The SMILES string of the molecule is CCCC(=O)N1CSCC1C(=O)NCC(CCC)C(=O)O. The Bertz CT molecular complexity index is 389. The summed E-state index contributed by atoms with van der Waals surface area (Å²) in [6, 6.07) is -0.467. The molecule has 1 rings (SSSR count). The second kappa shape index (κ2) is 8.92. The van der Waals surface area contributed by atoms with Crippen LogP contribution in [0.2, 0.25) is 0 Å². The number of hydrogen-bond donors (Lipinski definition) is 2. The minimum absolute atomic E-state index is 0.00834. The van der Waals surface area contributed by atoms with E-state index in [9.17, 15) is 14.4 Å². The van der Waals surface area contributed by atoms with E-state index in [0.717, 1.165) is 12.8 Å². The van der Waals surface area contributed by atoms with Crippen LogP contribution in [0, 0.1) is 5.92 Å². The molecule has 1 aliphatic rings. The molecule has 0 aromatic rings. The summed E-state index contributed by atoms with van der Waals surface area (Å²) in [6.45, 7) is 3.97. The first-order chi connectivity index (χ1) is 10.0. The van der Waals surface area contributed by atoms with E-state index >= 15 is 0 Å². The zero-order valence-corrected chi connectivity index (χ0v) is 13.4. The van der Waals surface area contributed by atoms with Gasteiger partial charge in [-0.3, -0.25) is 14.4 Å². The van der Waals surface area contributed by atoms with Crippen LogP contribution in [0.5, 0.6) is 0 Å². The monoisotopic (exact) mass is 316 g/mol. The van der Waals surface area contributed by atoms with Gasteiger partial charge in [0.25, 0.3) is 0 Å². The van der Waals surface area contributed by atoms with Crippen molar-refractivity contribution in [1.82, 2.24) is 10.2 Å². The second-order valence-electron chi connectivity index (χ2n) is 5.20. The highest BCUT2D eigenvalue weighted by atomic mass is 32.2. The maximum absolute atomic E-state index is 12.2. The van der Waals surface area contributed by atoms with Crippen molar-refractivity contribution in [2.75, 3.05) is 18.2 Å². The summed E-state index contributed by atoms with van der Waals surface area (Å²) in [6.07, 6.45) is 2.49. The van der Waals surface area contributed by atoms with Crippen molar-refractivity contribution in [1.29, 1.82) is 0 Å². The van der Waals surface area contributed by atoms with Crippen molar-refractivity contribution in [2.24, 2.45) is 5.92 Å². The molecule has 0 spiro atoms. The highest BCUT2D eigenvalue weighted by Crippen LogP contribution is 2.22. The van der Waals surface area contributed by atoms with Gasteiger partial charge in [-0.05, 0) is 12.8 Å². The molecule has 120 valence electrons. The Balaban J connectivity index is 2.53. The lowest BCUT2D eigenvalue weighted by Crippen LogP contribution is -2.48. The molecule has 21 heavy (non-hydrogen) atoms. The van der Waals surface area contributed by atoms with E-state index in [-0.39, 0.29) is 18.4 Å². The highest BCUT2D eigenvalue weighted by molar-refractivity contribution is 7.99. The zero-order chi connectivity index (χ0) is 15.8. The van der Waals surface area contributed by atoms with Crippen LogP contribution in [0.15, 0.2) is 0 Å². The van der Waals surface area contributed by atoms with E-state index in [0.29, 0.717) is 24.5 Å². The molecule has 2 amide bonds. The quantitative estimate of drug-likeness (QED) is 0.705. The van der Waals surface area contributed by atoms with Crippen molar-refractivity contribution < 1.29 is 19.5 Å². The molecule has 2 unspecified atom stereocenters. The summed E-state index contributed by atoms with van der Waals surface area (Å²) in [5.41, 5.74) is 0. The number of carboxylic acids is 1.